The van der Waals surface area contributed by atoms with Gasteiger partial charge < -0.3 is 14.4 Å². The van der Waals surface area contributed by atoms with E-state index >= 15 is 0 Å². The number of carbonyl (C=O) groups is 2. The monoisotopic (exact) mass is 365 g/mol. The number of nitrogens with zero attached hydrogens (tertiary/aromatic N) is 1. The number of anilines is 1. The minimum absolute atomic E-state index is 0.0418. The van der Waals surface area contributed by atoms with Gasteiger partial charge in [-0.2, -0.15) is 0 Å². The summed E-state index contributed by atoms with van der Waals surface area (Å²) >= 11 is 0. The van der Waals surface area contributed by atoms with E-state index in [1.165, 1.54) is 6.08 Å². The Morgan fingerprint density at radius 2 is 1.85 bits per heavy atom. The van der Waals surface area contributed by atoms with Gasteiger partial charge in [0.15, 0.2) is 6.10 Å². The van der Waals surface area contributed by atoms with Crippen LogP contribution in [0, 0.1) is 0 Å². The second-order valence-corrected chi connectivity index (χ2v) is 6.54. The number of hydrogen-bond acceptors (Lipinski definition) is 4. The van der Waals surface area contributed by atoms with Crippen molar-refractivity contribution in [3.05, 3.63) is 65.7 Å². The summed E-state index contributed by atoms with van der Waals surface area (Å²) in [5.41, 5.74) is 2.79. The highest BCUT2D eigenvalue weighted by Gasteiger charge is 2.34. The first-order valence-electron chi connectivity index (χ1n) is 8.94. The fraction of sp³-hybridized carbons (Fsp3) is 0.273. The van der Waals surface area contributed by atoms with Crippen molar-refractivity contribution < 1.29 is 19.1 Å². The van der Waals surface area contributed by atoms with Crippen molar-refractivity contribution in [2.75, 3.05) is 12.0 Å². The van der Waals surface area contributed by atoms with E-state index in [2.05, 4.69) is 0 Å². The van der Waals surface area contributed by atoms with Crippen LogP contribution < -0.4 is 9.64 Å². The summed E-state index contributed by atoms with van der Waals surface area (Å²) in [6.45, 7) is 3.60. The Hall–Kier alpha value is -3.08. The van der Waals surface area contributed by atoms with Crippen molar-refractivity contribution in [3.8, 4) is 5.75 Å². The molecule has 0 fully saturated rings. The van der Waals surface area contributed by atoms with E-state index in [0.717, 1.165) is 23.2 Å². The maximum absolute atomic E-state index is 12.8. The molecule has 2 aromatic carbocycles. The van der Waals surface area contributed by atoms with E-state index in [-0.39, 0.29) is 11.9 Å². The summed E-state index contributed by atoms with van der Waals surface area (Å²) in [6, 6.07) is 15.2. The van der Waals surface area contributed by atoms with Crippen molar-refractivity contribution in [1.82, 2.24) is 0 Å². The Morgan fingerprint density at radius 1 is 1.15 bits per heavy atom. The van der Waals surface area contributed by atoms with Crippen LogP contribution in [0.3, 0.4) is 0 Å². The fourth-order valence-electron chi connectivity index (χ4n) is 3.32. The van der Waals surface area contributed by atoms with Crippen LogP contribution in [-0.2, 0) is 20.7 Å². The van der Waals surface area contributed by atoms with E-state index in [0.29, 0.717) is 5.75 Å². The van der Waals surface area contributed by atoms with Crippen molar-refractivity contribution in [1.29, 1.82) is 0 Å². The van der Waals surface area contributed by atoms with Crippen LogP contribution in [0.25, 0.3) is 6.08 Å². The lowest BCUT2D eigenvalue weighted by molar-refractivity contribution is -0.149. The molecule has 0 aromatic heterocycles. The first-order valence-corrected chi connectivity index (χ1v) is 8.94. The zero-order valence-electron chi connectivity index (χ0n) is 15.7. The molecule has 1 heterocycles. The Morgan fingerprint density at radius 3 is 2.63 bits per heavy atom. The highest BCUT2D eigenvalue weighted by Crippen LogP contribution is 2.32. The molecule has 27 heavy (non-hydrogen) atoms. The molecule has 1 aliphatic heterocycles. The van der Waals surface area contributed by atoms with Crippen LogP contribution >= 0.6 is 0 Å². The van der Waals surface area contributed by atoms with Crippen LogP contribution in [0.4, 0.5) is 5.69 Å². The molecule has 0 saturated heterocycles. The molecule has 0 radical (unpaired) electrons. The summed E-state index contributed by atoms with van der Waals surface area (Å²) in [4.78, 5) is 26.7. The zero-order valence-corrected chi connectivity index (χ0v) is 15.7. The lowest BCUT2D eigenvalue weighted by Crippen LogP contribution is -2.43. The van der Waals surface area contributed by atoms with Gasteiger partial charge in [0.1, 0.15) is 5.75 Å². The molecule has 5 heteroatoms. The van der Waals surface area contributed by atoms with Gasteiger partial charge in [0.2, 0.25) is 0 Å². The maximum atomic E-state index is 12.8. The zero-order chi connectivity index (χ0) is 19.4. The second kappa shape index (κ2) is 8.08. The number of methoxy groups -OCH3 is 1. The minimum Gasteiger partial charge on any atom is -0.496 e. The summed E-state index contributed by atoms with van der Waals surface area (Å²) in [5.74, 6) is -0.124. The van der Waals surface area contributed by atoms with E-state index in [9.17, 15) is 9.59 Å². The van der Waals surface area contributed by atoms with Gasteiger partial charge in [-0.25, -0.2) is 4.79 Å². The molecule has 0 bridgehead atoms. The number of ether oxygens (including phenoxy) is 2. The van der Waals surface area contributed by atoms with Crippen molar-refractivity contribution in [3.63, 3.8) is 0 Å². The topological polar surface area (TPSA) is 55.8 Å². The van der Waals surface area contributed by atoms with Crippen LogP contribution in [0.5, 0.6) is 5.75 Å². The normalized spacial score (nSPS) is 16.9. The molecule has 2 aromatic rings. The Kier molecular flexibility index (Phi) is 5.60. The first kappa shape index (κ1) is 18.7. The number of para-hydroxylation sites is 2. The van der Waals surface area contributed by atoms with Gasteiger partial charge in [0, 0.05) is 23.4 Å². The summed E-state index contributed by atoms with van der Waals surface area (Å²) in [5, 5.41) is 0. The molecular formula is C22H23NO4. The van der Waals surface area contributed by atoms with E-state index in [1.54, 1.807) is 25.0 Å². The minimum atomic E-state index is -0.867. The molecule has 0 unspecified atom stereocenters. The molecule has 0 aliphatic carbocycles. The average molecular weight is 365 g/mol. The molecule has 5 nitrogen and oxygen atoms in total. The Balaban J connectivity index is 1.66. The van der Waals surface area contributed by atoms with Gasteiger partial charge >= 0.3 is 5.97 Å². The van der Waals surface area contributed by atoms with Gasteiger partial charge in [0.25, 0.3) is 5.91 Å². The average Bonchev–Trinajstić information content (AvgIpc) is 3.01. The lowest BCUT2D eigenvalue weighted by Gasteiger charge is -2.25. The standard InChI is InChI=1S/C22H23NO4/c1-15-14-18-9-4-6-10-19(18)23(15)22(25)16(2)27-21(24)13-12-17-8-5-7-11-20(17)26-3/h4-13,15-16H,14H2,1-3H3/b13-12+/t15-,16-/m0/s1. The number of esters is 1. The summed E-state index contributed by atoms with van der Waals surface area (Å²) < 4.78 is 10.6. The predicted octanol–water partition coefficient (Wildman–Crippen LogP) is 3.62. The highest BCUT2D eigenvalue weighted by molar-refractivity contribution is 6.00. The summed E-state index contributed by atoms with van der Waals surface area (Å²) in [6.07, 6.45) is 2.86. The maximum Gasteiger partial charge on any atom is 0.331 e. The third-order valence-electron chi connectivity index (χ3n) is 4.62. The van der Waals surface area contributed by atoms with Crippen LogP contribution in [0.2, 0.25) is 0 Å². The lowest BCUT2D eigenvalue weighted by atomic mass is 10.1. The van der Waals surface area contributed by atoms with Gasteiger partial charge in [-0.3, -0.25) is 4.79 Å². The largest absolute Gasteiger partial charge is 0.496 e. The van der Waals surface area contributed by atoms with Gasteiger partial charge in [-0.1, -0.05) is 36.4 Å². The van der Waals surface area contributed by atoms with Crippen LogP contribution in [0.1, 0.15) is 25.0 Å². The summed E-state index contributed by atoms with van der Waals surface area (Å²) in [7, 11) is 1.57. The van der Waals surface area contributed by atoms with Gasteiger partial charge in [-0.15, -0.1) is 0 Å². The third kappa shape index (κ3) is 4.03. The number of amides is 1. The predicted molar refractivity (Wildman–Crippen MR) is 105 cm³/mol. The highest BCUT2D eigenvalue weighted by atomic mass is 16.5. The van der Waals surface area contributed by atoms with E-state index in [4.69, 9.17) is 9.47 Å². The van der Waals surface area contributed by atoms with Gasteiger partial charge in [0.05, 0.1) is 7.11 Å². The molecule has 0 saturated carbocycles. The molecule has 1 amide bonds. The number of benzene rings is 2. The number of fused-ring (bicyclic) bond motifs is 1. The van der Waals surface area contributed by atoms with Gasteiger partial charge in [-0.05, 0) is 44.0 Å². The quantitative estimate of drug-likeness (QED) is 0.600. The molecule has 3 rings (SSSR count). The van der Waals surface area contributed by atoms with E-state index < -0.39 is 12.1 Å². The SMILES string of the molecule is COc1ccccc1/C=C/C(=O)O[C@@H](C)C(=O)N1c2ccccc2C[C@@H]1C. The fourth-order valence-corrected chi connectivity index (χ4v) is 3.32. The van der Waals surface area contributed by atoms with Crippen molar-refractivity contribution >= 4 is 23.6 Å². The molecular weight excluding hydrogens is 342 g/mol. The molecule has 2 atom stereocenters. The number of hydrogen-bond donors (Lipinski definition) is 0. The smallest absolute Gasteiger partial charge is 0.331 e. The third-order valence-corrected chi connectivity index (χ3v) is 4.62. The van der Waals surface area contributed by atoms with Crippen LogP contribution in [0.15, 0.2) is 54.6 Å². The van der Waals surface area contributed by atoms with Crippen molar-refractivity contribution in [2.45, 2.75) is 32.4 Å². The van der Waals surface area contributed by atoms with Crippen molar-refractivity contribution in [2.24, 2.45) is 0 Å². The molecule has 0 spiro atoms. The Bertz CT molecular complexity index is 874. The first-order chi connectivity index (χ1) is 13.0. The second-order valence-electron chi connectivity index (χ2n) is 6.54. The number of rotatable bonds is 5. The molecule has 140 valence electrons. The van der Waals surface area contributed by atoms with E-state index in [1.807, 2.05) is 55.5 Å². The van der Waals surface area contributed by atoms with Crippen LogP contribution in [-0.4, -0.2) is 31.1 Å². The molecule has 0 N–H and O–H groups in total. The number of carbonyl (C=O) groups excluding carboxylic acids is 2. The molecule has 1 aliphatic rings. The Labute approximate surface area is 159 Å².